The maximum absolute atomic E-state index is 11.0. The second-order valence-electron chi connectivity index (χ2n) is 3.59. The predicted molar refractivity (Wildman–Crippen MR) is 67.9 cm³/mol. The van der Waals surface area contributed by atoms with Crippen molar-refractivity contribution in [2.45, 2.75) is 6.92 Å². The summed E-state index contributed by atoms with van der Waals surface area (Å²) in [4.78, 5) is 11.0. The third-order valence-electron chi connectivity index (χ3n) is 2.21. The summed E-state index contributed by atoms with van der Waals surface area (Å²) < 4.78 is 6.18. The highest BCUT2D eigenvalue weighted by molar-refractivity contribution is 9.10. The summed E-state index contributed by atoms with van der Waals surface area (Å²) in [5.41, 5.74) is 1.03. The van der Waals surface area contributed by atoms with Crippen molar-refractivity contribution in [1.29, 1.82) is 0 Å². The molecule has 0 saturated heterocycles. The number of rotatable bonds is 3. The van der Waals surface area contributed by atoms with Crippen molar-refractivity contribution in [3.8, 4) is 11.6 Å². The van der Waals surface area contributed by atoms with E-state index in [4.69, 9.17) is 9.84 Å². The lowest BCUT2D eigenvalue weighted by atomic mass is 10.2. The van der Waals surface area contributed by atoms with E-state index in [1.54, 1.807) is 6.07 Å². The Hall–Kier alpha value is -1.95. The molecule has 2 aromatic rings. The molecule has 0 bridgehead atoms. The van der Waals surface area contributed by atoms with Gasteiger partial charge in [0.2, 0.25) is 0 Å². The van der Waals surface area contributed by atoms with E-state index in [1.165, 1.54) is 12.3 Å². The quantitative estimate of drug-likeness (QED) is 0.943. The van der Waals surface area contributed by atoms with Crippen LogP contribution in [0.25, 0.3) is 0 Å². The third-order valence-corrected chi connectivity index (χ3v) is 2.83. The van der Waals surface area contributed by atoms with Gasteiger partial charge in [-0.2, -0.15) is 5.10 Å². The molecule has 92 valence electrons. The Morgan fingerprint density at radius 1 is 1.39 bits per heavy atom. The zero-order chi connectivity index (χ0) is 13.1. The van der Waals surface area contributed by atoms with Crippen molar-refractivity contribution in [3.63, 3.8) is 0 Å². The fraction of sp³-hybridized carbons (Fsp3) is 0.0833. The standard InChI is InChI=1S/C12H9BrN2O3/c1-7-2-3-10(9(13)6-7)18-11-8(12(16)17)4-5-14-15-11/h2-6H,1H3,(H,16,17). The zero-order valence-electron chi connectivity index (χ0n) is 9.42. The van der Waals surface area contributed by atoms with Gasteiger partial charge in [-0.25, -0.2) is 4.79 Å². The first-order chi connectivity index (χ1) is 8.58. The van der Waals surface area contributed by atoms with Crippen molar-refractivity contribution in [3.05, 3.63) is 46.1 Å². The molecule has 0 saturated carbocycles. The molecular weight excluding hydrogens is 300 g/mol. The van der Waals surface area contributed by atoms with Crippen LogP contribution in [0, 0.1) is 6.92 Å². The minimum absolute atomic E-state index is 0.0301. The maximum atomic E-state index is 11.0. The number of carbonyl (C=O) groups is 1. The summed E-state index contributed by atoms with van der Waals surface area (Å²) in [7, 11) is 0. The van der Waals surface area contributed by atoms with Gasteiger partial charge in [-0.1, -0.05) is 6.07 Å². The molecule has 5 nitrogen and oxygen atoms in total. The molecule has 0 aliphatic heterocycles. The Morgan fingerprint density at radius 3 is 2.83 bits per heavy atom. The normalized spacial score (nSPS) is 10.1. The fourth-order valence-corrected chi connectivity index (χ4v) is 1.92. The molecule has 0 aliphatic carbocycles. The molecule has 1 heterocycles. The van der Waals surface area contributed by atoms with Gasteiger partial charge in [0, 0.05) is 0 Å². The molecule has 0 unspecified atom stereocenters. The van der Waals surface area contributed by atoms with Gasteiger partial charge in [-0.05, 0) is 46.6 Å². The van der Waals surface area contributed by atoms with Crippen molar-refractivity contribution >= 4 is 21.9 Å². The molecule has 18 heavy (non-hydrogen) atoms. The Balaban J connectivity index is 2.37. The Labute approximate surface area is 112 Å². The highest BCUT2D eigenvalue weighted by atomic mass is 79.9. The van der Waals surface area contributed by atoms with Crippen LogP contribution in [-0.2, 0) is 0 Å². The minimum Gasteiger partial charge on any atom is -0.477 e. The predicted octanol–water partition coefficient (Wildman–Crippen LogP) is 3.04. The van der Waals surface area contributed by atoms with Gasteiger partial charge in [0.05, 0.1) is 10.7 Å². The summed E-state index contributed by atoms with van der Waals surface area (Å²) in [5.74, 6) is -0.652. The first-order valence-corrected chi connectivity index (χ1v) is 5.86. The van der Waals surface area contributed by atoms with Gasteiger partial charge in [0.15, 0.2) is 0 Å². The molecule has 0 atom stereocenters. The molecule has 0 fully saturated rings. The second kappa shape index (κ2) is 5.14. The second-order valence-corrected chi connectivity index (χ2v) is 4.45. The molecule has 1 aromatic heterocycles. The Morgan fingerprint density at radius 2 is 2.17 bits per heavy atom. The van der Waals surface area contributed by atoms with Crippen molar-refractivity contribution in [2.24, 2.45) is 0 Å². The van der Waals surface area contributed by atoms with E-state index < -0.39 is 5.97 Å². The number of ether oxygens (including phenoxy) is 1. The molecule has 6 heteroatoms. The molecule has 1 N–H and O–H groups in total. The van der Waals surface area contributed by atoms with Gasteiger partial charge in [0.25, 0.3) is 5.88 Å². The average molecular weight is 309 g/mol. The fourth-order valence-electron chi connectivity index (χ4n) is 1.35. The van der Waals surface area contributed by atoms with Crippen molar-refractivity contribution in [2.75, 3.05) is 0 Å². The van der Waals surface area contributed by atoms with Crippen LogP contribution in [0.1, 0.15) is 15.9 Å². The van der Waals surface area contributed by atoms with Gasteiger partial charge in [0.1, 0.15) is 11.3 Å². The van der Waals surface area contributed by atoms with E-state index >= 15 is 0 Å². The molecule has 1 aromatic carbocycles. The summed E-state index contributed by atoms with van der Waals surface area (Å²) in [5, 5.41) is 16.3. The van der Waals surface area contributed by atoms with E-state index in [1.807, 2.05) is 19.1 Å². The molecule has 0 spiro atoms. The Bertz CT molecular complexity index is 602. The number of halogens is 1. The molecule has 0 aliphatic rings. The number of aryl methyl sites for hydroxylation is 1. The van der Waals surface area contributed by atoms with Crippen LogP contribution in [0.15, 0.2) is 34.9 Å². The van der Waals surface area contributed by atoms with Crippen LogP contribution in [0.4, 0.5) is 0 Å². The number of aromatic nitrogens is 2. The SMILES string of the molecule is Cc1ccc(Oc2nnccc2C(=O)O)c(Br)c1. The van der Waals surface area contributed by atoms with Crippen LogP contribution in [0.5, 0.6) is 11.6 Å². The lowest BCUT2D eigenvalue weighted by Gasteiger charge is -2.08. The van der Waals surface area contributed by atoms with Crippen LogP contribution in [-0.4, -0.2) is 21.3 Å². The van der Waals surface area contributed by atoms with Gasteiger partial charge >= 0.3 is 5.97 Å². The van der Waals surface area contributed by atoms with Crippen molar-refractivity contribution in [1.82, 2.24) is 10.2 Å². The molecular formula is C12H9BrN2O3. The summed E-state index contributed by atoms with van der Waals surface area (Å²) >= 11 is 3.35. The van der Waals surface area contributed by atoms with E-state index in [9.17, 15) is 4.79 Å². The summed E-state index contributed by atoms with van der Waals surface area (Å²) in [6, 6.07) is 6.80. The number of aromatic carboxylic acids is 1. The number of carboxylic acids is 1. The number of benzene rings is 1. The maximum Gasteiger partial charge on any atom is 0.341 e. The minimum atomic E-state index is -1.11. The number of carboxylic acid groups (broad SMARTS) is 1. The summed E-state index contributed by atoms with van der Waals surface area (Å²) in [6.45, 7) is 1.94. The van der Waals surface area contributed by atoms with Crippen LogP contribution in [0.3, 0.4) is 0 Å². The van der Waals surface area contributed by atoms with Crippen LogP contribution >= 0.6 is 15.9 Å². The highest BCUT2D eigenvalue weighted by Gasteiger charge is 2.14. The lowest BCUT2D eigenvalue weighted by molar-refractivity contribution is 0.0693. The first-order valence-electron chi connectivity index (χ1n) is 5.07. The molecule has 0 amide bonds. The largest absolute Gasteiger partial charge is 0.477 e. The zero-order valence-corrected chi connectivity index (χ0v) is 11.0. The van der Waals surface area contributed by atoms with Gasteiger partial charge in [-0.15, -0.1) is 5.10 Å². The van der Waals surface area contributed by atoms with Crippen molar-refractivity contribution < 1.29 is 14.6 Å². The monoisotopic (exact) mass is 308 g/mol. The third kappa shape index (κ3) is 2.65. The number of hydrogen-bond donors (Lipinski definition) is 1. The van der Waals surface area contributed by atoms with E-state index in [-0.39, 0.29) is 11.4 Å². The first kappa shape index (κ1) is 12.5. The van der Waals surface area contributed by atoms with Crippen LogP contribution < -0.4 is 4.74 Å². The topological polar surface area (TPSA) is 72.3 Å². The Kier molecular flexibility index (Phi) is 3.57. The van der Waals surface area contributed by atoms with E-state index in [0.717, 1.165) is 10.0 Å². The average Bonchev–Trinajstić information content (AvgIpc) is 2.33. The van der Waals surface area contributed by atoms with Gasteiger partial charge in [-0.3, -0.25) is 0 Å². The molecule has 0 radical (unpaired) electrons. The molecule has 2 rings (SSSR count). The smallest absolute Gasteiger partial charge is 0.341 e. The van der Waals surface area contributed by atoms with Crippen LogP contribution in [0.2, 0.25) is 0 Å². The summed E-state index contributed by atoms with van der Waals surface area (Å²) in [6.07, 6.45) is 1.31. The van der Waals surface area contributed by atoms with Gasteiger partial charge < -0.3 is 9.84 Å². The lowest BCUT2D eigenvalue weighted by Crippen LogP contribution is -2.03. The van der Waals surface area contributed by atoms with E-state index in [0.29, 0.717) is 5.75 Å². The number of hydrogen-bond acceptors (Lipinski definition) is 4. The number of nitrogens with zero attached hydrogens (tertiary/aromatic N) is 2. The highest BCUT2D eigenvalue weighted by Crippen LogP contribution is 2.30. The van der Waals surface area contributed by atoms with E-state index in [2.05, 4.69) is 26.1 Å².